The van der Waals surface area contributed by atoms with Crippen LogP contribution in [0.3, 0.4) is 0 Å². The smallest absolute Gasteiger partial charge is 0.0638 e. The second-order valence-electron chi connectivity index (χ2n) is 4.41. The number of benzene rings is 1. The lowest BCUT2D eigenvalue weighted by Crippen LogP contribution is -2.11. The first kappa shape index (κ1) is 13.4. The van der Waals surface area contributed by atoms with Crippen molar-refractivity contribution in [3.63, 3.8) is 0 Å². The Labute approximate surface area is 117 Å². The maximum absolute atomic E-state index is 5.98. The molecule has 1 aromatic heterocycles. The molecule has 0 aliphatic rings. The van der Waals surface area contributed by atoms with E-state index in [0.717, 1.165) is 18.7 Å². The number of hydrogen-bond acceptors (Lipinski definition) is 3. The molecule has 0 aliphatic heterocycles. The van der Waals surface area contributed by atoms with Gasteiger partial charge in [-0.2, -0.15) is 0 Å². The first-order chi connectivity index (χ1) is 8.56. The van der Waals surface area contributed by atoms with E-state index in [1.54, 1.807) is 0 Å². The molecule has 0 unspecified atom stereocenters. The Hall–Kier alpha value is -1.03. The van der Waals surface area contributed by atoms with Crippen molar-refractivity contribution in [1.82, 2.24) is 5.32 Å². The number of rotatable bonds is 4. The third-order valence-electron chi connectivity index (χ3n) is 2.91. The first-order valence-corrected chi connectivity index (χ1v) is 7.06. The minimum absolute atomic E-state index is 0.622. The van der Waals surface area contributed by atoms with Crippen LogP contribution in [-0.2, 0) is 13.1 Å². The lowest BCUT2D eigenvalue weighted by atomic mass is 10.2. The summed E-state index contributed by atoms with van der Waals surface area (Å²) in [5.41, 5.74) is 8.83. The van der Waals surface area contributed by atoms with Crippen LogP contribution in [-0.4, -0.2) is 0 Å². The highest BCUT2D eigenvalue weighted by Crippen LogP contribution is 2.21. The fourth-order valence-electron chi connectivity index (χ4n) is 1.75. The average Bonchev–Trinajstić information content (AvgIpc) is 2.63. The molecule has 2 aromatic rings. The molecule has 0 fully saturated rings. The van der Waals surface area contributed by atoms with Crippen LogP contribution in [0.4, 0.5) is 5.69 Å². The third kappa shape index (κ3) is 3.25. The highest BCUT2D eigenvalue weighted by Gasteiger charge is 2.02. The van der Waals surface area contributed by atoms with E-state index in [2.05, 4.69) is 25.2 Å². The molecular weight excluding hydrogens is 264 g/mol. The Kier molecular flexibility index (Phi) is 4.27. The number of thiophene rings is 1. The molecule has 96 valence electrons. The molecule has 0 saturated heterocycles. The molecule has 1 aromatic carbocycles. The van der Waals surface area contributed by atoms with Crippen LogP contribution in [0.25, 0.3) is 0 Å². The molecule has 18 heavy (non-hydrogen) atoms. The van der Waals surface area contributed by atoms with E-state index in [1.165, 1.54) is 15.3 Å². The molecule has 0 atom stereocenters. The van der Waals surface area contributed by atoms with Crippen LogP contribution in [0, 0.1) is 13.8 Å². The summed E-state index contributed by atoms with van der Waals surface area (Å²) in [7, 11) is 0. The van der Waals surface area contributed by atoms with Crippen LogP contribution in [0.15, 0.2) is 24.3 Å². The van der Waals surface area contributed by atoms with E-state index in [-0.39, 0.29) is 0 Å². The minimum Gasteiger partial charge on any atom is -0.398 e. The Morgan fingerprint density at radius 2 is 2.00 bits per heavy atom. The molecule has 2 nitrogen and oxygen atoms in total. The quantitative estimate of drug-likeness (QED) is 0.834. The Bertz CT molecular complexity index is 529. The Morgan fingerprint density at radius 3 is 2.61 bits per heavy atom. The zero-order chi connectivity index (χ0) is 13.1. The van der Waals surface area contributed by atoms with E-state index in [0.29, 0.717) is 10.7 Å². The zero-order valence-electron chi connectivity index (χ0n) is 10.6. The summed E-state index contributed by atoms with van der Waals surface area (Å²) < 4.78 is 0. The standard InChI is InChI=1S/C14H17ClN2S/c1-9-5-12(18-10(9)2)8-17-7-11-3-4-14(16)13(15)6-11/h3-6,17H,7-8,16H2,1-2H3. The number of anilines is 1. The van der Waals surface area contributed by atoms with Gasteiger partial charge >= 0.3 is 0 Å². The van der Waals surface area contributed by atoms with Gasteiger partial charge in [0.15, 0.2) is 0 Å². The molecule has 0 radical (unpaired) electrons. The molecule has 0 spiro atoms. The second-order valence-corrected chi connectivity index (χ2v) is 6.16. The van der Waals surface area contributed by atoms with Crippen molar-refractivity contribution in [3.05, 3.63) is 50.2 Å². The van der Waals surface area contributed by atoms with E-state index in [4.69, 9.17) is 17.3 Å². The predicted octanol–water partition coefficient (Wildman–Crippen LogP) is 3.89. The molecule has 0 saturated carbocycles. The molecule has 4 heteroatoms. The van der Waals surface area contributed by atoms with E-state index in [1.807, 2.05) is 29.5 Å². The van der Waals surface area contributed by atoms with E-state index in [9.17, 15) is 0 Å². The highest BCUT2D eigenvalue weighted by atomic mass is 35.5. The van der Waals surface area contributed by atoms with Gasteiger partial charge in [0.25, 0.3) is 0 Å². The summed E-state index contributed by atoms with van der Waals surface area (Å²) in [5, 5.41) is 4.04. The molecule has 0 aliphatic carbocycles. The van der Waals surface area contributed by atoms with Gasteiger partial charge in [-0.05, 0) is 43.2 Å². The normalized spacial score (nSPS) is 10.8. The van der Waals surface area contributed by atoms with Crippen molar-refractivity contribution in [1.29, 1.82) is 0 Å². The number of nitrogen functional groups attached to an aromatic ring is 1. The molecule has 0 amide bonds. The maximum atomic E-state index is 5.98. The largest absolute Gasteiger partial charge is 0.398 e. The molecule has 1 heterocycles. The van der Waals surface area contributed by atoms with E-state index >= 15 is 0 Å². The summed E-state index contributed by atoms with van der Waals surface area (Å²) in [4.78, 5) is 2.76. The van der Waals surface area contributed by atoms with Crippen LogP contribution >= 0.6 is 22.9 Å². The van der Waals surface area contributed by atoms with Gasteiger partial charge in [-0.15, -0.1) is 11.3 Å². The van der Waals surface area contributed by atoms with Crippen molar-refractivity contribution in [2.45, 2.75) is 26.9 Å². The molecular formula is C14H17ClN2S. The zero-order valence-corrected chi connectivity index (χ0v) is 12.2. The van der Waals surface area contributed by atoms with Gasteiger partial charge in [-0.25, -0.2) is 0 Å². The molecule has 3 N–H and O–H groups in total. The molecule has 2 rings (SSSR count). The fraction of sp³-hybridized carbons (Fsp3) is 0.286. The third-order valence-corrected chi connectivity index (χ3v) is 4.39. The number of nitrogens with one attached hydrogen (secondary N) is 1. The van der Waals surface area contributed by atoms with Gasteiger partial charge in [-0.3, -0.25) is 0 Å². The average molecular weight is 281 g/mol. The van der Waals surface area contributed by atoms with Crippen LogP contribution in [0.1, 0.15) is 20.9 Å². The van der Waals surface area contributed by atoms with Gasteiger partial charge in [0.2, 0.25) is 0 Å². The van der Waals surface area contributed by atoms with Crippen molar-refractivity contribution < 1.29 is 0 Å². The Balaban J connectivity index is 1.90. The number of nitrogens with two attached hydrogens (primary N) is 1. The number of halogens is 1. The van der Waals surface area contributed by atoms with Crippen LogP contribution < -0.4 is 11.1 Å². The second kappa shape index (κ2) is 5.74. The van der Waals surface area contributed by atoms with Crippen molar-refractivity contribution in [2.75, 3.05) is 5.73 Å². The van der Waals surface area contributed by atoms with Crippen LogP contribution in [0.5, 0.6) is 0 Å². The molecule has 0 bridgehead atoms. The topological polar surface area (TPSA) is 38.0 Å². The number of aryl methyl sites for hydroxylation is 2. The van der Waals surface area contributed by atoms with Gasteiger partial charge in [0.1, 0.15) is 0 Å². The summed E-state index contributed by atoms with van der Waals surface area (Å²) in [6.07, 6.45) is 0. The number of hydrogen-bond donors (Lipinski definition) is 2. The summed E-state index contributed by atoms with van der Waals surface area (Å²) in [6.45, 7) is 6.00. The highest BCUT2D eigenvalue weighted by molar-refractivity contribution is 7.12. The van der Waals surface area contributed by atoms with Gasteiger partial charge in [-0.1, -0.05) is 17.7 Å². The lowest BCUT2D eigenvalue weighted by Gasteiger charge is -2.05. The van der Waals surface area contributed by atoms with Gasteiger partial charge in [0, 0.05) is 22.8 Å². The SMILES string of the molecule is Cc1cc(CNCc2ccc(N)c(Cl)c2)sc1C. The van der Waals surface area contributed by atoms with E-state index < -0.39 is 0 Å². The summed E-state index contributed by atoms with van der Waals surface area (Å²) in [5.74, 6) is 0. The summed E-state index contributed by atoms with van der Waals surface area (Å²) >= 11 is 7.83. The first-order valence-electron chi connectivity index (χ1n) is 5.87. The fourth-order valence-corrected chi connectivity index (χ4v) is 2.97. The minimum atomic E-state index is 0.622. The maximum Gasteiger partial charge on any atom is 0.0638 e. The van der Waals surface area contributed by atoms with Crippen molar-refractivity contribution >= 4 is 28.6 Å². The lowest BCUT2D eigenvalue weighted by molar-refractivity contribution is 0.701. The summed E-state index contributed by atoms with van der Waals surface area (Å²) in [6, 6.07) is 8.00. The van der Waals surface area contributed by atoms with Crippen LogP contribution in [0.2, 0.25) is 5.02 Å². The van der Waals surface area contributed by atoms with Gasteiger partial charge in [0.05, 0.1) is 10.7 Å². The monoisotopic (exact) mass is 280 g/mol. The van der Waals surface area contributed by atoms with Crippen molar-refractivity contribution in [2.24, 2.45) is 0 Å². The van der Waals surface area contributed by atoms with Crippen molar-refractivity contribution in [3.8, 4) is 0 Å². The predicted molar refractivity (Wildman–Crippen MR) is 80.2 cm³/mol. The Morgan fingerprint density at radius 1 is 1.22 bits per heavy atom. The van der Waals surface area contributed by atoms with Gasteiger partial charge < -0.3 is 11.1 Å².